The molecule has 2 heterocycles. The SMILES string of the molecule is CN1c2ccccc2OC[C@@H]1CC(=O)Nc1ccc2c(c1)OCO2. The molecule has 0 spiro atoms. The zero-order chi connectivity index (χ0) is 16.5. The Labute approximate surface area is 139 Å². The zero-order valence-electron chi connectivity index (χ0n) is 13.3. The lowest BCUT2D eigenvalue weighted by Gasteiger charge is -2.35. The molecule has 1 atom stereocenters. The Kier molecular flexibility index (Phi) is 3.65. The van der Waals surface area contributed by atoms with Gasteiger partial charge in [0.15, 0.2) is 11.5 Å². The van der Waals surface area contributed by atoms with Gasteiger partial charge in [-0.2, -0.15) is 0 Å². The standard InChI is InChI=1S/C18H18N2O4/c1-20-13(10-22-15-5-3-2-4-14(15)20)9-18(21)19-12-6-7-16-17(8-12)24-11-23-16/h2-8,13H,9-11H2,1H3,(H,19,21)/t13-/m0/s1. The number of fused-ring (bicyclic) bond motifs is 2. The second-order valence-corrected chi connectivity index (χ2v) is 5.86. The maximum absolute atomic E-state index is 12.4. The number of hydrogen-bond acceptors (Lipinski definition) is 5. The minimum absolute atomic E-state index is 0.00564. The highest BCUT2D eigenvalue weighted by Gasteiger charge is 2.26. The quantitative estimate of drug-likeness (QED) is 0.939. The van der Waals surface area contributed by atoms with Crippen molar-refractivity contribution in [3.63, 3.8) is 0 Å². The minimum atomic E-state index is -0.0614. The van der Waals surface area contributed by atoms with Crippen LogP contribution in [-0.4, -0.2) is 32.4 Å². The number of likely N-dealkylation sites (N-methyl/N-ethyl adjacent to an activating group) is 1. The lowest BCUT2D eigenvalue weighted by atomic mass is 10.1. The van der Waals surface area contributed by atoms with Gasteiger partial charge in [0.05, 0.1) is 18.2 Å². The smallest absolute Gasteiger partial charge is 0.231 e. The molecule has 2 aliphatic rings. The highest BCUT2D eigenvalue weighted by atomic mass is 16.7. The van der Waals surface area contributed by atoms with E-state index in [1.165, 1.54) is 0 Å². The molecule has 0 fully saturated rings. The average Bonchev–Trinajstić information content (AvgIpc) is 3.05. The number of carbonyl (C=O) groups excluding carboxylic acids is 1. The van der Waals surface area contributed by atoms with Crippen molar-refractivity contribution in [1.82, 2.24) is 0 Å². The average molecular weight is 326 g/mol. The molecule has 2 aromatic carbocycles. The Hall–Kier alpha value is -2.89. The van der Waals surface area contributed by atoms with Crippen LogP contribution in [0.5, 0.6) is 17.2 Å². The Balaban J connectivity index is 1.41. The van der Waals surface area contributed by atoms with Crippen LogP contribution in [0.4, 0.5) is 11.4 Å². The molecular weight excluding hydrogens is 308 g/mol. The Morgan fingerprint density at radius 2 is 1.96 bits per heavy atom. The van der Waals surface area contributed by atoms with Crippen LogP contribution in [0.1, 0.15) is 6.42 Å². The van der Waals surface area contributed by atoms with Crippen molar-refractivity contribution in [2.24, 2.45) is 0 Å². The van der Waals surface area contributed by atoms with E-state index in [4.69, 9.17) is 14.2 Å². The molecule has 0 aliphatic carbocycles. The van der Waals surface area contributed by atoms with E-state index < -0.39 is 0 Å². The van der Waals surface area contributed by atoms with Crippen LogP contribution in [0.2, 0.25) is 0 Å². The maximum atomic E-state index is 12.4. The fourth-order valence-electron chi connectivity index (χ4n) is 2.96. The summed E-state index contributed by atoms with van der Waals surface area (Å²) in [6.45, 7) is 0.707. The van der Waals surface area contributed by atoms with Gasteiger partial charge >= 0.3 is 0 Å². The van der Waals surface area contributed by atoms with E-state index in [1.807, 2.05) is 37.4 Å². The lowest BCUT2D eigenvalue weighted by molar-refractivity contribution is -0.116. The second-order valence-electron chi connectivity index (χ2n) is 5.86. The maximum Gasteiger partial charge on any atom is 0.231 e. The van der Waals surface area contributed by atoms with E-state index >= 15 is 0 Å². The summed E-state index contributed by atoms with van der Waals surface area (Å²) in [5.74, 6) is 2.14. The number of para-hydroxylation sites is 2. The summed E-state index contributed by atoms with van der Waals surface area (Å²) in [6, 6.07) is 13.2. The number of ether oxygens (including phenoxy) is 3. The number of hydrogen-bond donors (Lipinski definition) is 1. The molecule has 0 bridgehead atoms. The summed E-state index contributed by atoms with van der Waals surface area (Å²) in [4.78, 5) is 14.5. The van der Waals surface area contributed by atoms with E-state index in [0.29, 0.717) is 30.2 Å². The van der Waals surface area contributed by atoms with Gasteiger partial charge in [-0.15, -0.1) is 0 Å². The van der Waals surface area contributed by atoms with Gasteiger partial charge in [-0.3, -0.25) is 4.79 Å². The largest absolute Gasteiger partial charge is 0.489 e. The van der Waals surface area contributed by atoms with Crippen molar-refractivity contribution < 1.29 is 19.0 Å². The molecule has 0 saturated carbocycles. The Bertz CT molecular complexity index is 777. The number of nitrogens with zero attached hydrogens (tertiary/aromatic N) is 1. The number of benzene rings is 2. The van der Waals surface area contributed by atoms with Gasteiger partial charge in [-0.1, -0.05) is 12.1 Å². The van der Waals surface area contributed by atoms with Crippen molar-refractivity contribution in [3.05, 3.63) is 42.5 Å². The van der Waals surface area contributed by atoms with E-state index in [9.17, 15) is 4.79 Å². The molecule has 0 saturated heterocycles. The zero-order valence-corrected chi connectivity index (χ0v) is 13.3. The molecule has 2 aliphatic heterocycles. The third kappa shape index (κ3) is 2.71. The van der Waals surface area contributed by atoms with Crippen molar-refractivity contribution in [3.8, 4) is 17.2 Å². The molecule has 6 heteroatoms. The van der Waals surface area contributed by atoms with Crippen molar-refractivity contribution in [1.29, 1.82) is 0 Å². The van der Waals surface area contributed by atoms with E-state index in [-0.39, 0.29) is 18.7 Å². The van der Waals surface area contributed by atoms with Gasteiger partial charge in [-0.05, 0) is 24.3 Å². The third-order valence-electron chi connectivity index (χ3n) is 4.30. The molecule has 24 heavy (non-hydrogen) atoms. The molecule has 0 unspecified atom stereocenters. The first kappa shape index (κ1) is 14.7. The van der Waals surface area contributed by atoms with E-state index in [0.717, 1.165) is 11.4 Å². The van der Waals surface area contributed by atoms with Gasteiger partial charge in [0.1, 0.15) is 12.4 Å². The normalized spacial score (nSPS) is 17.9. The summed E-state index contributed by atoms with van der Waals surface area (Å²) in [5, 5.41) is 2.91. The fourth-order valence-corrected chi connectivity index (χ4v) is 2.96. The molecular formula is C18H18N2O4. The summed E-state index contributed by atoms with van der Waals surface area (Å²) in [7, 11) is 1.99. The summed E-state index contributed by atoms with van der Waals surface area (Å²) in [5.41, 5.74) is 1.70. The summed E-state index contributed by atoms with van der Waals surface area (Å²) in [6.07, 6.45) is 0.347. The van der Waals surface area contributed by atoms with Gasteiger partial charge < -0.3 is 24.4 Å². The van der Waals surface area contributed by atoms with Gasteiger partial charge in [0, 0.05) is 18.8 Å². The van der Waals surface area contributed by atoms with Crippen molar-refractivity contribution >= 4 is 17.3 Å². The first-order chi connectivity index (χ1) is 11.7. The second kappa shape index (κ2) is 5.96. The summed E-state index contributed by atoms with van der Waals surface area (Å²) < 4.78 is 16.4. The molecule has 6 nitrogen and oxygen atoms in total. The molecule has 4 rings (SSSR count). The third-order valence-corrected chi connectivity index (χ3v) is 4.30. The predicted octanol–water partition coefficient (Wildman–Crippen LogP) is 2.64. The van der Waals surface area contributed by atoms with Crippen LogP contribution >= 0.6 is 0 Å². The first-order valence-corrected chi connectivity index (χ1v) is 7.85. The molecule has 0 radical (unpaired) electrons. The van der Waals surface area contributed by atoms with Crippen LogP contribution in [0, 0.1) is 0 Å². The van der Waals surface area contributed by atoms with Crippen LogP contribution in [0.25, 0.3) is 0 Å². The minimum Gasteiger partial charge on any atom is -0.489 e. The van der Waals surface area contributed by atoms with E-state index in [1.54, 1.807) is 12.1 Å². The number of rotatable bonds is 3. The van der Waals surface area contributed by atoms with Crippen LogP contribution < -0.4 is 24.4 Å². The van der Waals surface area contributed by atoms with Crippen LogP contribution in [-0.2, 0) is 4.79 Å². The van der Waals surface area contributed by atoms with Gasteiger partial charge in [0.25, 0.3) is 0 Å². The highest BCUT2D eigenvalue weighted by Crippen LogP contribution is 2.35. The number of carbonyl (C=O) groups is 1. The fraction of sp³-hybridized carbons (Fsp3) is 0.278. The Morgan fingerprint density at radius 3 is 2.88 bits per heavy atom. The van der Waals surface area contributed by atoms with Gasteiger partial charge in [0.2, 0.25) is 12.7 Å². The predicted molar refractivity (Wildman–Crippen MR) is 89.9 cm³/mol. The van der Waals surface area contributed by atoms with Gasteiger partial charge in [-0.25, -0.2) is 0 Å². The number of anilines is 2. The number of nitrogens with one attached hydrogen (secondary N) is 1. The number of amides is 1. The van der Waals surface area contributed by atoms with Crippen molar-refractivity contribution in [2.45, 2.75) is 12.5 Å². The lowest BCUT2D eigenvalue weighted by Crippen LogP contribution is -2.42. The van der Waals surface area contributed by atoms with Crippen LogP contribution in [0.3, 0.4) is 0 Å². The van der Waals surface area contributed by atoms with E-state index in [2.05, 4.69) is 10.2 Å². The summed E-state index contributed by atoms with van der Waals surface area (Å²) >= 11 is 0. The van der Waals surface area contributed by atoms with Crippen molar-refractivity contribution in [2.75, 3.05) is 30.7 Å². The molecule has 1 amide bonds. The Morgan fingerprint density at radius 1 is 1.12 bits per heavy atom. The van der Waals surface area contributed by atoms with Crippen LogP contribution in [0.15, 0.2) is 42.5 Å². The molecule has 124 valence electrons. The molecule has 2 aromatic rings. The topological polar surface area (TPSA) is 60.0 Å². The molecule has 1 N–H and O–H groups in total. The highest BCUT2D eigenvalue weighted by molar-refractivity contribution is 5.92. The molecule has 0 aromatic heterocycles. The monoisotopic (exact) mass is 326 g/mol. The first-order valence-electron chi connectivity index (χ1n) is 7.85.